The zero-order chi connectivity index (χ0) is 76.1. The third-order valence-corrected chi connectivity index (χ3v) is 23.8. The van der Waals surface area contributed by atoms with Gasteiger partial charge in [-0.15, -0.1) is 0 Å². The van der Waals surface area contributed by atoms with Crippen molar-refractivity contribution in [3.05, 3.63) is 423 Å². The molecule has 4 aliphatic rings. The SMILES string of the molecule is Cc1cc(-c2ccccc2)ccc1N(c1cc2c3c(c1)N(c1ccccc1)c1ccccc1N3c1cc3c(cc1B2c1ccccc1)B(c1ccccc1)c1cc(N(c2ccc(-c4ccccc4)cc2C)c2ccc(-c4ccccc4)cc2C)cc2c1N3c1ccccc1N2c1ccccc1)c1ccc(-c2ccccc2)cc1C. The molecule has 17 aromatic carbocycles. The Labute approximate surface area is 668 Å². The van der Waals surface area contributed by atoms with Crippen molar-refractivity contribution in [1.29, 1.82) is 0 Å². The Morgan fingerprint density at radius 1 is 0.193 bits per heavy atom. The largest absolute Gasteiger partial charge is 0.310 e. The number of hydrogen-bond donors (Lipinski definition) is 0. The monoisotopic (exact) mass is 1460 g/mol. The van der Waals surface area contributed by atoms with Gasteiger partial charge in [-0.25, -0.2) is 0 Å². The number of rotatable bonds is 14. The Hall–Kier alpha value is -14.3. The molecule has 0 aliphatic carbocycles. The maximum absolute atomic E-state index is 2.65. The number of anilines is 18. The molecule has 17 aromatic rings. The average Bonchev–Trinajstić information content (AvgIpc) is 0.683. The third-order valence-electron chi connectivity index (χ3n) is 23.8. The second-order valence-corrected chi connectivity index (χ2v) is 30.6. The maximum atomic E-state index is 2.65. The highest BCUT2D eigenvalue weighted by Gasteiger charge is 2.48. The standard InChI is InChI=1S/C106H78B2N6/c1-71-61-79(75-33-13-5-14-34-75)53-57-93(71)111(94-58-54-80(62-72(94)2)76-35-15-6-16-36-76)87-65-91-105-103(67-87)109(85-45-25-11-26-46-85)97-49-29-31-51-99(97)113(105)101-70-102-90(69-89(101)107(91)83-41-21-9-22-42-83)108(84-43-23-10-24-44-84)92-66-88(68-104-106(92)114(102)100-52-32-30-50-98(100)110(104)86-47-27-12-28-48-86)112(95-59-55-81(63-73(95)3)77-37-17-7-18-38-77)96-60-56-82(64-74(96)4)78-39-19-8-20-40-78/h5-70H,1-4H3. The molecular formula is C106H78B2N6. The minimum atomic E-state index is -0.273. The van der Waals surface area contributed by atoms with Gasteiger partial charge in [0.25, 0.3) is 0 Å². The molecule has 4 heterocycles. The first-order chi connectivity index (χ1) is 56.2. The van der Waals surface area contributed by atoms with Crippen LogP contribution in [-0.4, -0.2) is 13.4 Å². The summed E-state index contributed by atoms with van der Waals surface area (Å²) in [5.41, 5.74) is 41.1. The molecule has 114 heavy (non-hydrogen) atoms. The van der Waals surface area contributed by atoms with Crippen LogP contribution in [0.1, 0.15) is 22.3 Å². The normalized spacial score (nSPS) is 12.6. The molecule has 6 nitrogen and oxygen atoms in total. The lowest BCUT2D eigenvalue weighted by atomic mass is 9.31. The second-order valence-electron chi connectivity index (χ2n) is 30.6. The topological polar surface area (TPSA) is 19.4 Å². The Morgan fingerprint density at radius 3 is 0.746 bits per heavy atom. The molecule has 0 atom stereocenters. The number of benzene rings is 17. The van der Waals surface area contributed by atoms with Crippen molar-refractivity contribution < 1.29 is 0 Å². The van der Waals surface area contributed by atoms with E-state index in [1.807, 2.05) is 0 Å². The smallest absolute Gasteiger partial charge is 0.246 e. The summed E-state index contributed by atoms with van der Waals surface area (Å²) in [6, 6.07) is 150. The van der Waals surface area contributed by atoms with Crippen LogP contribution in [-0.2, 0) is 0 Å². The van der Waals surface area contributed by atoms with Gasteiger partial charge in [0.05, 0.1) is 45.5 Å². The summed E-state index contributed by atoms with van der Waals surface area (Å²) in [7, 11) is 0. The number of fused-ring (bicyclic) bond motifs is 8. The van der Waals surface area contributed by atoms with E-state index in [1.165, 1.54) is 77.3 Å². The molecule has 0 saturated carbocycles. The summed E-state index contributed by atoms with van der Waals surface area (Å²) < 4.78 is 0. The summed E-state index contributed by atoms with van der Waals surface area (Å²) in [5.74, 6) is 0. The van der Waals surface area contributed by atoms with E-state index < -0.39 is 0 Å². The summed E-state index contributed by atoms with van der Waals surface area (Å²) >= 11 is 0. The van der Waals surface area contributed by atoms with Crippen LogP contribution in [0.2, 0.25) is 0 Å². The van der Waals surface area contributed by atoms with E-state index in [4.69, 9.17) is 0 Å². The number of hydrogen-bond acceptors (Lipinski definition) is 6. The lowest BCUT2D eigenvalue weighted by Crippen LogP contribution is -2.62. The van der Waals surface area contributed by atoms with E-state index >= 15 is 0 Å². The van der Waals surface area contributed by atoms with Crippen molar-refractivity contribution >= 4 is 149 Å². The van der Waals surface area contributed by atoms with Crippen molar-refractivity contribution in [3.8, 4) is 44.5 Å². The highest BCUT2D eigenvalue weighted by molar-refractivity contribution is 7.01. The number of para-hydroxylation sites is 6. The molecule has 0 N–H and O–H groups in total. The molecule has 0 amide bonds. The molecule has 0 bridgehead atoms. The second kappa shape index (κ2) is 27.9. The van der Waals surface area contributed by atoms with E-state index in [9.17, 15) is 0 Å². The van der Waals surface area contributed by atoms with Gasteiger partial charge in [-0.2, -0.15) is 0 Å². The first-order valence-electron chi connectivity index (χ1n) is 39.6. The molecule has 0 aromatic heterocycles. The van der Waals surface area contributed by atoms with Gasteiger partial charge in [-0.3, -0.25) is 0 Å². The molecule has 0 radical (unpaired) electrons. The van der Waals surface area contributed by atoms with Crippen LogP contribution in [0.25, 0.3) is 44.5 Å². The zero-order valence-electron chi connectivity index (χ0n) is 63.9. The van der Waals surface area contributed by atoms with Gasteiger partial charge >= 0.3 is 0 Å². The minimum Gasteiger partial charge on any atom is -0.310 e. The molecule has 0 saturated heterocycles. The van der Waals surface area contributed by atoms with Gasteiger partial charge < -0.3 is 29.4 Å². The Bertz CT molecular complexity index is 5990. The summed E-state index contributed by atoms with van der Waals surface area (Å²) in [6.45, 7) is 8.58. The van der Waals surface area contributed by atoms with Gasteiger partial charge in [-0.05, 0) is 244 Å². The Morgan fingerprint density at radius 2 is 0.456 bits per heavy atom. The summed E-state index contributed by atoms with van der Waals surface area (Å²) in [5, 5.41) is 0. The number of aryl methyl sites for hydroxylation is 4. The van der Waals surface area contributed by atoms with E-state index in [1.54, 1.807) is 0 Å². The van der Waals surface area contributed by atoms with Crippen LogP contribution in [0.4, 0.5) is 102 Å². The van der Waals surface area contributed by atoms with Crippen molar-refractivity contribution in [1.82, 2.24) is 0 Å². The molecule has 538 valence electrons. The molecule has 8 heteroatoms. The van der Waals surface area contributed by atoms with Crippen LogP contribution in [0, 0.1) is 27.7 Å². The average molecular weight is 1460 g/mol. The van der Waals surface area contributed by atoms with Crippen molar-refractivity contribution in [2.75, 3.05) is 29.4 Å². The van der Waals surface area contributed by atoms with Gasteiger partial charge in [0, 0.05) is 56.9 Å². The van der Waals surface area contributed by atoms with Gasteiger partial charge in [0.15, 0.2) is 0 Å². The quantitative estimate of drug-likeness (QED) is 0.100. The molecule has 4 aliphatic heterocycles. The molecule has 0 fully saturated rings. The fourth-order valence-electron chi connectivity index (χ4n) is 18.7. The first-order valence-corrected chi connectivity index (χ1v) is 39.6. The Kier molecular flexibility index (Phi) is 16.6. The zero-order valence-corrected chi connectivity index (χ0v) is 63.9. The van der Waals surface area contributed by atoms with Gasteiger partial charge in [0.2, 0.25) is 13.4 Å². The van der Waals surface area contributed by atoms with Crippen LogP contribution in [0.5, 0.6) is 0 Å². The first kappa shape index (κ1) is 67.8. The summed E-state index contributed by atoms with van der Waals surface area (Å²) in [4.78, 5) is 15.4. The van der Waals surface area contributed by atoms with Crippen molar-refractivity contribution in [2.45, 2.75) is 27.7 Å². The van der Waals surface area contributed by atoms with E-state index in [0.29, 0.717) is 0 Å². The summed E-state index contributed by atoms with van der Waals surface area (Å²) in [6.07, 6.45) is 0. The molecule has 0 spiro atoms. The van der Waals surface area contributed by atoms with Crippen LogP contribution >= 0.6 is 0 Å². The van der Waals surface area contributed by atoms with Crippen molar-refractivity contribution in [2.24, 2.45) is 0 Å². The predicted molar refractivity (Wildman–Crippen MR) is 485 cm³/mol. The van der Waals surface area contributed by atoms with Crippen LogP contribution in [0.3, 0.4) is 0 Å². The molecule has 21 rings (SSSR count). The predicted octanol–water partition coefficient (Wildman–Crippen LogP) is 24.7. The third kappa shape index (κ3) is 11.3. The van der Waals surface area contributed by atoms with Crippen LogP contribution < -0.4 is 62.2 Å². The fourth-order valence-corrected chi connectivity index (χ4v) is 18.7. The lowest BCUT2D eigenvalue weighted by molar-refractivity contribution is 1.15. The van der Waals surface area contributed by atoms with E-state index in [0.717, 1.165) is 125 Å². The maximum Gasteiger partial charge on any atom is 0.246 e. The highest BCUT2D eigenvalue weighted by Crippen LogP contribution is 2.60. The van der Waals surface area contributed by atoms with Crippen LogP contribution in [0.15, 0.2) is 400 Å². The molecular weight excluding hydrogens is 1380 g/mol. The minimum absolute atomic E-state index is 0.273. The highest BCUT2D eigenvalue weighted by atomic mass is 15.3. The van der Waals surface area contributed by atoms with Gasteiger partial charge in [-0.1, -0.05) is 284 Å². The molecule has 0 unspecified atom stereocenters. The lowest BCUT2D eigenvalue weighted by Gasteiger charge is -2.49. The Balaban J connectivity index is 0.848. The van der Waals surface area contributed by atoms with E-state index in [-0.39, 0.29) is 13.4 Å². The number of nitrogens with zero attached hydrogens (tertiary/aromatic N) is 6. The van der Waals surface area contributed by atoms with Gasteiger partial charge in [0.1, 0.15) is 0 Å². The van der Waals surface area contributed by atoms with E-state index in [2.05, 4.69) is 457 Å². The van der Waals surface area contributed by atoms with Crippen molar-refractivity contribution in [3.63, 3.8) is 0 Å². The fraction of sp³-hybridized carbons (Fsp3) is 0.0377.